The van der Waals surface area contributed by atoms with Crippen molar-refractivity contribution in [3.63, 3.8) is 0 Å². The van der Waals surface area contributed by atoms with Crippen LogP contribution in [0, 0.1) is 3.57 Å². The zero-order valence-corrected chi connectivity index (χ0v) is 14.8. The van der Waals surface area contributed by atoms with E-state index in [9.17, 15) is 4.79 Å². The molecular formula is C16H16IN3O3. The molecule has 2 aromatic rings. The molecule has 2 heterocycles. The van der Waals surface area contributed by atoms with Crippen LogP contribution in [-0.4, -0.2) is 47.1 Å². The quantitative estimate of drug-likeness (QED) is 0.705. The number of rotatable bonds is 4. The predicted octanol–water partition coefficient (Wildman–Crippen LogP) is 2.38. The number of hydrogen-bond donors (Lipinski definition) is 0. The number of nitrogens with zero attached hydrogens (tertiary/aromatic N) is 3. The fourth-order valence-corrected chi connectivity index (χ4v) is 3.09. The molecule has 1 aromatic carbocycles. The Morgan fingerprint density at radius 2 is 2.09 bits per heavy atom. The van der Waals surface area contributed by atoms with Gasteiger partial charge in [0.25, 0.3) is 5.91 Å². The van der Waals surface area contributed by atoms with Crippen molar-refractivity contribution in [1.82, 2.24) is 14.9 Å². The largest absolute Gasteiger partial charge is 0.480 e. The maximum atomic E-state index is 12.6. The van der Waals surface area contributed by atoms with Crippen LogP contribution in [0.25, 0.3) is 0 Å². The van der Waals surface area contributed by atoms with E-state index in [4.69, 9.17) is 9.47 Å². The molecule has 1 saturated heterocycles. The van der Waals surface area contributed by atoms with E-state index in [-0.39, 0.29) is 12.0 Å². The summed E-state index contributed by atoms with van der Waals surface area (Å²) >= 11 is 2.18. The maximum absolute atomic E-state index is 12.6. The Morgan fingerprint density at radius 1 is 1.30 bits per heavy atom. The van der Waals surface area contributed by atoms with Crippen molar-refractivity contribution in [3.05, 3.63) is 45.8 Å². The van der Waals surface area contributed by atoms with Crippen LogP contribution in [-0.2, 0) is 0 Å². The van der Waals surface area contributed by atoms with Gasteiger partial charge >= 0.3 is 0 Å². The number of methoxy groups -OCH3 is 1. The Kier molecular flexibility index (Phi) is 4.94. The lowest BCUT2D eigenvalue weighted by molar-refractivity contribution is 0.0770. The van der Waals surface area contributed by atoms with Crippen molar-refractivity contribution in [2.45, 2.75) is 12.5 Å². The van der Waals surface area contributed by atoms with E-state index in [1.54, 1.807) is 6.20 Å². The van der Waals surface area contributed by atoms with E-state index in [0.29, 0.717) is 24.8 Å². The molecular weight excluding hydrogens is 409 g/mol. The van der Waals surface area contributed by atoms with Gasteiger partial charge in [0, 0.05) is 16.5 Å². The zero-order chi connectivity index (χ0) is 16.2. The van der Waals surface area contributed by atoms with Gasteiger partial charge < -0.3 is 14.4 Å². The van der Waals surface area contributed by atoms with Gasteiger partial charge in [-0.05, 0) is 34.7 Å². The van der Waals surface area contributed by atoms with E-state index in [1.807, 2.05) is 29.2 Å². The number of ether oxygens (including phenoxy) is 2. The van der Waals surface area contributed by atoms with Gasteiger partial charge in [-0.1, -0.05) is 12.1 Å². The summed E-state index contributed by atoms with van der Waals surface area (Å²) < 4.78 is 11.8. The van der Waals surface area contributed by atoms with Gasteiger partial charge in [0.15, 0.2) is 0 Å². The van der Waals surface area contributed by atoms with Gasteiger partial charge in [-0.2, -0.15) is 4.98 Å². The second-order valence-corrected chi connectivity index (χ2v) is 6.32. The summed E-state index contributed by atoms with van der Waals surface area (Å²) in [6, 6.07) is 7.59. The van der Waals surface area contributed by atoms with Gasteiger partial charge in [-0.25, -0.2) is 0 Å². The summed E-state index contributed by atoms with van der Waals surface area (Å²) in [7, 11) is 1.53. The Hall–Kier alpha value is -1.90. The van der Waals surface area contributed by atoms with Gasteiger partial charge in [-0.15, -0.1) is 0 Å². The molecule has 7 heteroatoms. The van der Waals surface area contributed by atoms with Gasteiger partial charge in [0.1, 0.15) is 6.10 Å². The Morgan fingerprint density at radius 3 is 2.87 bits per heavy atom. The molecule has 0 saturated carbocycles. The van der Waals surface area contributed by atoms with Crippen LogP contribution in [0.2, 0.25) is 0 Å². The number of carbonyl (C=O) groups excluding carboxylic acids is 1. The first kappa shape index (κ1) is 16.0. The van der Waals surface area contributed by atoms with Crippen molar-refractivity contribution >= 4 is 28.5 Å². The normalized spacial score (nSPS) is 17.1. The third-order valence-corrected chi connectivity index (χ3v) is 4.56. The SMILES string of the molecule is COc1cncc(OC2CCN(C(=O)c3ccccc3I)C2)n1. The number of halogens is 1. The van der Waals surface area contributed by atoms with Crippen LogP contribution in [0.4, 0.5) is 0 Å². The highest BCUT2D eigenvalue weighted by atomic mass is 127. The summed E-state index contributed by atoms with van der Waals surface area (Å²) in [5.74, 6) is 0.864. The van der Waals surface area contributed by atoms with E-state index >= 15 is 0 Å². The minimum absolute atomic E-state index is 0.0397. The van der Waals surface area contributed by atoms with Gasteiger partial charge in [-0.3, -0.25) is 9.78 Å². The van der Waals surface area contributed by atoms with E-state index < -0.39 is 0 Å². The highest BCUT2D eigenvalue weighted by molar-refractivity contribution is 14.1. The number of aromatic nitrogens is 2. The monoisotopic (exact) mass is 425 g/mol. The Balaban J connectivity index is 1.64. The summed E-state index contributed by atoms with van der Waals surface area (Å²) in [6.07, 6.45) is 3.76. The summed E-state index contributed by atoms with van der Waals surface area (Å²) in [6.45, 7) is 1.22. The predicted molar refractivity (Wildman–Crippen MR) is 92.7 cm³/mol. The lowest BCUT2D eigenvalue weighted by Crippen LogP contribution is -2.31. The first-order valence-corrected chi connectivity index (χ1v) is 8.31. The summed E-state index contributed by atoms with van der Waals surface area (Å²) in [5.41, 5.74) is 0.731. The topological polar surface area (TPSA) is 64.6 Å². The minimum atomic E-state index is -0.0817. The first-order chi connectivity index (χ1) is 11.2. The number of amides is 1. The summed E-state index contributed by atoms with van der Waals surface area (Å²) in [5, 5.41) is 0. The number of hydrogen-bond acceptors (Lipinski definition) is 5. The van der Waals surface area contributed by atoms with E-state index in [2.05, 4.69) is 32.6 Å². The van der Waals surface area contributed by atoms with Crippen molar-refractivity contribution in [1.29, 1.82) is 0 Å². The zero-order valence-electron chi connectivity index (χ0n) is 12.6. The van der Waals surface area contributed by atoms with Crippen LogP contribution < -0.4 is 9.47 Å². The molecule has 6 nitrogen and oxygen atoms in total. The molecule has 1 aromatic heterocycles. The van der Waals surface area contributed by atoms with Crippen molar-refractivity contribution in [2.24, 2.45) is 0 Å². The Bertz CT molecular complexity index is 710. The van der Waals surface area contributed by atoms with Crippen molar-refractivity contribution in [3.8, 4) is 11.8 Å². The smallest absolute Gasteiger partial charge is 0.255 e. The van der Waals surface area contributed by atoms with E-state index in [0.717, 1.165) is 15.6 Å². The molecule has 1 atom stereocenters. The highest BCUT2D eigenvalue weighted by Gasteiger charge is 2.29. The molecule has 1 aliphatic heterocycles. The fraction of sp³-hybridized carbons (Fsp3) is 0.312. The lowest BCUT2D eigenvalue weighted by Gasteiger charge is -2.17. The number of benzene rings is 1. The average molecular weight is 425 g/mol. The van der Waals surface area contributed by atoms with Crippen LogP contribution in [0.5, 0.6) is 11.8 Å². The molecule has 1 amide bonds. The fourth-order valence-electron chi connectivity index (χ4n) is 2.47. The van der Waals surface area contributed by atoms with Crippen molar-refractivity contribution < 1.29 is 14.3 Å². The molecule has 0 bridgehead atoms. The standard InChI is InChI=1S/C16H16IN3O3/c1-22-14-8-18-9-15(19-14)23-11-6-7-20(10-11)16(21)12-4-2-3-5-13(12)17/h2-5,8-9,11H,6-7,10H2,1H3. The second-order valence-electron chi connectivity index (χ2n) is 5.16. The van der Waals surface area contributed by atoms with E-state index in [1.165, 1.54) is 13.3 Å². The van der Waals surface area contributed by atoms with Crippen LogP contribution >= 0.6 is 22.6 Å². The third-order valence-electron chi connectivity index (χ3n) is 3.62. The summed E-state index contributed by atoms with van der Waals surface area (Å²) in [4.78, 5) is 22.6. The molecule has 0 radical (unpaired) electrons. The minimum Gasteiger partial charge on any atom is -0.480 e. The molecule has 0 aliphatic carbocycles. The molecule has 120 valence electrons. The number of carbonyl (C=O) groups is 1. The van der Waals surface area contributed by atoms with Gasteiger partial charge in [0.05, 0.1) is 31.6 Å². The van der Waals surface area contributed by atoms with Crippen LogP contribution in [0.1, 0.15) is 16.8 Å². The third kappa shape index (κ3) is 3.72. The molecule has 1 unspecified atom stereocenters. The van der Waals surface area contributed by atoms with Gasteiger partial charge in [0.2, 0.25) is 11.8 Å². The molecule has 0 spiro atoms. The molecule has 1 fully saturated rings. The van der Waals surface area contributed by atoms with Crippen molar-refractivity contribution in [2.75, 3.05) is 20.2 Å². The molecule has 1 aliphatic rings. The number of likely N-dealkylation sites (tertiary alicyclic amines) is 1. The van der Waals surface area contributed by atoms with Crippen LogP contribution in [0.3, 0.4) is 0 Å². The Labute approximate surface area is 148 Å². The highest BCUT2D eigenvalue weighted by Crippen LogP contribution is 2.21. The second kappa shape index (κ2) is 7.12. The van der Waals surface area contributed by atoms with Crippen LogP contribution in [0.15, 0.2) is 36.7 Å². The molecule has 23 heavy (non-hydrogen) atoms. The lowest BCUT2D eigenvalue weighted by atomic mass is 10.2. The maximum Gasteiger partial charge on any atom is 0.255 e. The average Bonchev–Trinajstić information content (AvgIpc) is 3.03. The first-order valence-electron chi connectivity index (χ1n) is 7.24. The molecule has 3 rings (SSSR count). The molecule has 0 N–H and O–H groups in total.